The Hall–Kier alpha value is -2.92. The monoisotopic (exact) mass is 975 g/mol. The van der Waals surface area contributed by atoms with Crippen molar-refractivity contribution in [2.45, 2.75) is 297 Å². The average molecular weight is 976 g/mol. The Morgan fingerprint density at radius 3 is 1.07 bits per heavy atom. The maximum absolute atomic E-state index is 12.9. The minimum Gasteiger partial charge on any atom is -0.462 e. The number of hydrogen-bond donors (Lipinski definition) is 0. The number of allylic oxidation sites excluding steroid dienone is 14. The zero-order valence-electron chi connectivity index (χ0n) is 46.5. The highest BCUT2D eigenvalue weighted by Crippen LogP contribution is 2.15. The summed E-state index contributed by atoms with van der Waals surface area (Å²) in [5.74, 6) is -0.424. The van der Waals surface area contributed by atoms with E-state index in [1.54, 1.807) is 0 Å². The Kier molecular flexibility index (Phi) is 57.9. The molecular weight excluding hydrogens is 861 g/mol. The van der Waals surface area contributed by atoms with Gasteiger partial charge in [-0.1, -0.05) is 247 Å². The van der Waals surface area contributed by atoms with E-state index >= 15 is 0 Å². The highest BCUT2D eigenvalue weighted by Gasteiger charge is 2.17. The SMILES string of the molecule is CC/C=C\C/C=C\C/C=C\C/C=C\CCCCCCC(=O)OCC(COCCCCCCCCCCCC/C=C\C/C=C\CCCCC)OC(=O)CCCCCCCCC/C=C\CCCCCCCC. The lowest BCUT2D eigenvalue weighted by Crippen LogP contribution is -2.30. The zero-order valence-corrected chi connectivity index (χ0v) is 46.5. The van der Waals surface area contributed by atoms with E-state index in [-0.39, 0.29) is 25.2 Å². The third-order valence-electron chi connectivity index (χ3n) is 12.9. The Balaban J connectivity index is 4.32. The van der Waals surface area contributed by atoms with Gasteiger partial charge < -0.3 is 14.2 Å². The molecule has 0 saturated carbocycles. The van der Waals surface area contributed by atoms with Crippen LogP contribution in [-0.4, -0.2) is 37.9 Å². The highest BCUT2D eigenvalue weighted by atomic mass is 16.6. The van der Waals surface area contributed by atoms with E-state index in [1.807, 2.05) is 0 Å². The lowest BCUT2D eigenvalue weighted by molar-refractivity contribution is -0.163. The molecule has 0 amide bonds. The van der Waals surface area contributed by atoms with Crippen molar-refractivity contribution in [3.8, 4) is 0 Å². The quantitative estimate of drug-likeness (QED) is 0.0345. The minimum absolute atomic E-state index is 0.0677. The van der Waals surface area contributed by atoms with Gasteiger partial charge in [0.25, 0.3) is 0 Å². The second-order valence-electron chi connectivity index (χ2n) is 19.9. The average Bonchev–Trinajstić information content (AvgIpc) is 3.36. The van der Waals surface area contributed by atoms with Crippen LogP contribution >= 0.6 is 0 Å². The molecule has 5 heteroatoms. The molecule has 0 heterocycles. The van der Waals surface area contributed by atoms with Crippen LogP contribution in [0.3, 0.4) is 0 Å². The standard InChI is InChI=1S/C65H114O5/c1-4-7-10-13-16-19-22-25-28-31-32-33-36-39-42-45-48-51-54-57-60-68-61-63(70-65(67)59-56-53-50-47-44-41-38-35-30-27-24-21-18-15-12-9-6-3)62-69-64(66)58-55-52-49-46-43-40-37-34-29-26-23-20-17-14-11-8-5-2/h8,11,16-17,19-20,25-30,37,40,63H,4-7,9-10,12-15,18,21-24,31-36,38-39,41-62H2,1-3H3/b11-8-,19-16-,20-17-,28-25-,29-26-,30-27-,40-37-. The number of rotatable bonds is 55. The van der Waals surface area contributed by atoms with E-state index in [0.29, 0.717) is 19.4 Å². The number of hydrogen-bond acceptors (Lipinski definition) is 5. The molecule has 1 atom stereocenters. The van der Waals surface area contributed by atoms with Crippen molar-refractivity contribution in [2.24, 2.45) is 0 Å². The van der Waals surface area contributed by atoms with Gasteiger partial charge in [0.05, 0.1) is 6.61 Å². The first kappa shape index (κ1) is 67.1. The molecule has 0 aromatic heterocycles. The van der Waals surface area contributed by atoms with Gasteiger partial charge in [-0.15, -0.1) is 0 Å². The largest absolute Gasteiger partial charge is 0.462 e. The molecule has 1 unspecified atom stereocenters. The molecule has 404 valence electrons. The van der Waals surface area contributed by atoms with Crippen LogP contribution in [0.5, 0.6) is 0 Å². The summed E-state index contributed by atoms with van der Waals surface area (Å²) in [6.07, 6.45) is 80.4. The first-order valence-electron chi connectivity index (χ1n) is 30.1. The van der Waals surface area contributed by atoms with E-state index in [4.69, 9.17) is 14.2 Å². The summed E-state index contributed by atoms with van der Waals surface area (Å²) in [5, 5.41) is 0. The third kappa shape index (κ3) is 57.7. The van der Waals surface area contributed by atoms with Crippen molar-refractivity contribution < 1.29 is 23.8 Å². The summed E-state index contributed by atoms with van der Waals surface area (Å²) in [6, 6.07) is 0. The number of carbonyl (C=O) groups excluding carboxylic acids is 2. The van der Waals surface area contributed by atoms with Crippen LogP contribution in [0.15, 0.2) is 85.1 Å². The van der Waals surface area contributed by atoms with Crippen LogP contribution in [0, 0.1) is 0 Å². The molecule has 0 aliphatic rings. The zero-order chi connectivity index (χ0) is 50.6. The van der Waals surface area contributed by atoms with Gasteiger partial charge in [-0.05, 0) is 116 Å². The molecule has 0 aliphatic heterocycles. The van der Waals surface area contributed by atoms with Crippen molar-refractivity contribution in [1.82, 2.24) is 0 Å². The van der Waals surface area contributed by atoms with Gasteiger partial charge >= 0.3 is 11.9 Å². The van der Waals surface area contributed by atoms with Crippen LogP contribution in [0.2, 0.25) is 0 Å². The number of carbonyl (C=O) groups is 2. The number of unbranched alkanes of at least 4 members (excludes halogenated alkanes) is 30. The molecule has 0 aliphatic carbocycles. The lowest BCUT2D eigenvalue weighted by Gasteiger charge is -2.18. The molecule has 0 bridgehead atoms. The Bertz CT molecular complexity index is 1290. The van der Waals surface area contributed by atoms with Crippen LogP contribution in [-0.2, 0) is 23.8 Å². The van der Waals surface area contributed by atoms with Gasteiger partial charge in [0.1, 0.15) is 6.61 Å². The molecule has 70 heavy (non-hydrogen) atoms. The van der Waals surface area contributed by atoms with Crippen molar-refractivity contribution in [2.75, 3.05) is 19.8 Å². The smallest absolute Gasteiger partial charge is 0.306 e. The Morgan fingerprint density at radius 2 is 0.643 bits per heavy atom. The molecule has 0 spiro atoms. The van der Waals surface area contributed by atoms with Crippen molar-refractivity contribution in [3.05, 3.63) is 85.1 Å². The van der Waals surface area contributed by atoms with Gasteiger partial charge in [-0.25, -0.2) is 0 Å². The van der Waals surface area contributed by atoms with Crippen molar-refractivity contribution >= 4 is 11.9 Å². The van der Waals surface area contributed by atoms with E-state index in [9.17, 15) is 9.59 Å². The first-order chi connectivity index (χ1) is 34.6. The van der Waals surface area contributed by atoms with Gasteiger partial charge in [-0.3, -0.25) is 9.59 Å². The summed E-state index contributed by atoms with van der Waals surface area (Å²) >= 11 is 0. The van der Waals surface area contributed by atoms with Gasteiger partial charge in [-0.2, -0.15) is 0 Å². The van der Waals surface area contributed by atoms with Crippen LogP contribution in [0.25, 0.3) is 0 Å². The Morgan fingerprint density at radius 1 is 0.329 bits per heavy atom. The summed E-state index contributed by atoms with van der Waals surface area (Å²) < 4.78 is 17.5. The number of ether oxygens (including phenoxy) is 3. The van der Waals surface area contributed by atoms with Gasteiger partial charge in [0, 0.05) is 19.4 Å². The fourth-order valence-corrected chi connectivity index (χ4v) is 8.41. The summed E-state index contributed by atoms with van der Waals surface area (Å²) in [4.78, 5) is 25.6. The predicted octanol–water partition coefficient (Wildman–Crippen LogP) is 20.8. The first-order valence-corrected chi connectivity index (χ1v) is 30.1. The third-order valence-corrected chi connectivity index (χ3v) is 12.9. The fraction of sp³-hybridized carbons (Fsp3) is 0.754. The molecule has 0 fully saturated rings. The summed E-state index contributed by atoms with van der Waals surface area (Å²) in [5.41, 5.74) is 0. The van der Waals surface area contributed by atoms with Crippen molar-refractivity contribution in [3.63, 3.8) is 0 Å². The highest BCUT2D eigenvalue weighted by molar-refractivity contribution is 5.70. The summed E-state index contributed by atoms with van der Waals surface area (Å²) in [6.45, 7) is 7.68. The Labute approximate surface area is 435 Å². The molecule has 0 aromatic rings. The van der Waals surface area contributed by atoms with Gasteiger partial charge in [0.2, 0.25) is 0 Å². The van der Waals surface area contributed by atoms with Crippen LogP contribution in [0.4, 0.5) is 0 Å². The van der Waals surface area contributed by atoms with E-state index in [0.717, 1.165) is 96.3 Å². The lowest BCUT2D eigenvalue weighted by atomic mass is 10.1. The molecule has 0 aromatic carbocycles. The van der Waals surface area contributed by atoms with Crippen LogP contribution in [0.1, 0.15) is 290 Å². The molecule has 0 rings (SSSR count). The predicted molar refractivity (Wildman–Crippen MR) is 307 cm³/mol. The minimum atomic E-state index is -0.555. The van der Waals surface area contributed by atoms with Crippen LogP contribution < -0.4 is 0 Å². The van der Waals surface area contributed by atoms with E-state index < -0.39 is 6.10 Å². The molecular formula is C65H114O5. The van der Waals surface area contributed by atoms with Gasteiger partial charge in [0.15, 0.2) is 6.10 Å². The summed E-state index contributed by atoms with van der Waals surface area (Å²) in [7, 11) is 0. The fourth-order valence-electron chi connectivity index (χ4n) is 8.41. The molecule has 5 nitrogen and oxygen atoms in total. The normalized spacial score (nSPS) is 12.8. The second-order valence-corrected chi connectivity index (χ2v) is 19.9. The maximum Gasteiger partial charge on any atom is 0.306 e. The molecule has 0 N–H and O–H groups in total. The van der Waals surface area contributed by atoms with E-state index in [1.165, 1.54) is 161 Å². The topological polar surface area (TPSA) is 61.8 Å². The molecule has 0 radical (unpaired) electrons. The number of esters is 2. The maximum atomic E-state index is 12.9. The second kappa shape index (κ2) is 60.4. The van der Waals surface area contributed by atoms with E-state index in [2.05, 4.69) is 106 Å². The molecule has 0 saturated heterocycles. The van der Waals surface area contributed by atoms with Crippen molar-refractivity contribution in [1.29, 1.82) is 0 Å².